The highest BCUT2D eigenvalue weighted by molar-refractivity contribution is 5.19. The third-order valence-corrected chi connectivity index (χ3v) is 5.34. The average molecular weight is 254 g/mol. The standard InChI is InChI=1S/C15H26O3/c1-13(2,17)10-5-7-14(3)11(9-10)15(4,18)8-6-12(14)16/h6,8,10-12,16-18H,5,7,9H2,1-4H3/t10-,11-,12-,14-,15+/m1/s1. The Bertz CT molecular complexity index is 353. The van der Waals surface area contributed by atoms with E-state index < -0.39 is 17.3 Å². The van der Waals surface area contributed by atoms with Crippen LogP contribution in [-0.4, -0.2) is 32.6 Å². The molecule has 0 aromatic carbocycles. The molecule has 3 nitrogen and oxygen atoms in total. The van der Waals surface area contributed by atoms with E-state index in [-0.39, 0.29) is 17.3 Å². The summed E-state index contributed by atoms with van der Waals surface area (Å²) in [7, 11) is 0. The number of aliphatic hydroxyl groups excluding tert-OH is 1. The first-order valence-electron chi connectivity index (χ1n) is 6.89. The lowest BCUT2D eigenvalue weighted by atomic mass is 9.53. The van der Waals surface area contributed by atoms with E-state index in [1.807, 2.05) is 20.8 Å². The third-order valence-electron chi connectivity index (χ3n) is 5.34. The SMILES string of the molecule is CC(C)(O)[C@@H]1CC[C@@]2(C)[C@H](O)C=C[C@](C)(O)[C@@H]2C1. The van der Waals surface area contributed by atoms with Crippen LogP contribution in [0.3, 0.4) is 0 Å². The summed E-state index contributed by atoms with van der Waals surface area (Å²) in [6.45, 7) is 7.54. The van der Waals surface area contributed by atoms with Crippen LogP contribution in [0.25, 0.3) is 0 Å². The van der Waals surface area contributed by atoms with Gasteiger partial charge in [-0.05, 0) is 51.9 Å². The van der Waals surface area contributed by atoms with Gasteiger partial charge in [-0.1, -0.05) is 19.1 Å². The summed E-state index contributed by atoms with van der Waals surface area (Å²) in [5, 5.41) is 31.0. The lowest BCUT2D eigenvalue weighted by Crippen LogP contribution is -2.56. The van der Waals surface area contributed by atoms with Crippen LogP contribution in [-0.2, 0) is 0 Å². The summed E-state index contributed by atoms with van der Waals surface area (Å²) in [6, 6.07) is 0. The van der Waals surface area contributed by atoms with Gasteiger partial charge in [-0.2, -0.15) is 0 Å². The van der Waals surface area contributed by atoms with Crippen molar-refractivity contribution in [2.45, 2.75) is 64.3 Å². The maximum atomic E-state index is 10.6. The van der Waals surface area contributed by atoms with E-state index in [4.69, 9.17) is 0 Å². The highest BCUT2D eigenvalue weighted by atomic mass is 16.3. The van der Waals surface area contributed by atoms with Crippen molar-refractivity contribution >= 4 is 0 Å². The number of aliphatic hydroxyl groups is 3. The quantitative estimate of drug-likeness (QED) is 0.626. The predicted molar refractivity (Wildman–Crippen MR) is 71.0 cm³/mol. The van der Waals surface area contributed by atoms with Crippen LogP contribution >= 0.6 is 0 Å². The third kappa shape index (κ3) is 2.13. The van der Waals surface area contributed by atoms with E-state index in [9.17, 15) is 15.3 Å². The maximum absolute atomic E-state index is 10.6. The van der Waals surface area contributed by atoms with Crippen LogP contribution < -0.4 is 0 Å². The molecule has 0 aromatic rings. The van der Waals surface area contributed by atoms with Gasteiger partial charge in [-0.25, -0.2) is 0 Å². The van der Waals surface area contributed by atoms with Crippen LogP contribution in [0.2, 0.25) is 0 Å². The number of hydrogen-bond donors (Lipinski definition) is 3. The van der Waals surface area contributed by atoms with Gasteiger partial charge in [-0.15, -0.1) is 0 Å². The molecule has 2 aliphatic carbocycles. The highest BCUT2D eigenvalue weighted by Crippen LogP contribution is 2.54. The molecule has 0 aromatic heterocycles. The van der Waals surface area contributed by atoms with Crippen molar-refractivity contribution in [2.24, 2.45) is 17.3 Å². The van der Waals surface area contributed by atoms with Gasteiger partial charge in [0.1, 0.15) is 0 Å². The van der Waals surface area contributed by atoms with Crippen LogP contribution in [0.5, 0.6) is 0 Å². The zero-order valence-electron chi connectivity index (χ0n) is 11.8. The minimum absolute atomic E-state index is 0.00447. The second-order valence-corrected chi connectivity index (χ2v) is 7.21. The summed E-state index contributed by atoms with van der Waals surface area (Å²) in [5.41, 5.74) is -1.89. The summed E-state index contributed by atoms with van der Waals surface area (Å²) in [6.07, 6.45) is 5.45. The molecule has 1 saturated carbocycles. The Hall–Kier alpha value is -0.380. The van der Waals surface area contributed by atoms with Crippen LogP contribution in [0.4, 0.5) is 0 Å². The van der Waals surface area contributed by atoms with E-state index in [1.54, 1.807) is 12.2 Å². The second kappa shape index (κ2) is 4.06. The van der Waals surface area contributed by atoms with Crippen LogP contribution in [0.15, 0.2) is 12.2 Å². The summed E-state index contributed by atoms with van der Waals surface area (Å²) in [4.78, 5) is 0. The largest absolute Gasteiger partial charge is 0.390 e. The van der Waals surface area contributed by atoms with Crippen molar-refractivity contribution in [2.75, 3.05) is 0 Å². The van der Waals surface area contributed by atoms with E-state index in [0.717, 1.165) is 19.3 Å². The van der Waals surface area contributed by atoms with E-state index in [1.165, 1.54) is 0 Å². The van der Waals surface area contributed by atoms with Crippen LogP contribution in [0, 0.1) is 17.3 Å². The molecule has 1 fully saturated rings. The number of fused-ring (bicyclic) bond motifs is 1. The van der Waals surface area contributed by atoms with Gasteiger partial charge in [0.05, 0.1) is 17.3 Å². The fourth-order valence-corrected chi connectivity index (χ4v) is 3.85. The van der Waals surface area contributed by atoms with Crippen LogP contribution in [0.1, 0.15) is 47.0 Å². The van der Waals surface area contributed by atoms with Crippen molar-refractivity contribution in [1.29, 1.82) is 0 Å². The van der Waals surface area contributed by atoms with Gasteiger partial charge < -0.3 is 15.3 Å². The zero-order valence-corrected chi connectivity index (χ0v) is 11.8. The van der Waals surface area contributed by atoms with Crippen molar-refractivity contribution < 1.29 is 15.3 Å². The second-order valence-electron chi connectivity index (χ2n) is 7.21. The van der Waals surface area contributed by atoms with Gasteiger partial charge in [0, 0.05) is 5.41 Å². The molecule has 104 valence electrons. The summed E-state index contributed by atoms with van der Waals surface area (Å²) < 4.78 is 0. The maximum Gasteiger partial charge on any atom is 0.0835 e. The van der Waals surface area contributed by atoms with Gasteiger partial charge >= 0.3 is 0 Å². The Morgan fingerprint density at radius 1 is 1.28 bits per heavy atom. The number of hydrogen-bond acceptors (Lipinski definition) is 3. The summed E-state index contributed by atoms with van der Waals surface area (Å²) in [5.74, 6) is 0.177. The van der Waals surface area contributed by atoms with Gasteiger partial charge in [-0.3, -0.25) is 0 Å². The Balaban J connectivity index is 2.31. The monoisotopic (exact) mass is 254 g/mol. The van der Waals surface area contributed by atoms with Gasteiger partial charge in [0.15, 0.2) is 0 Å². The molecule has 3 N–H and O–H groups in total. The first kappa shape index (κ1) is 14.0. The smallest absolute Gasteiger partial charge is 0.0835 e. The first-order valence-corrected chi connectivity index (χ1v) is 6.89. The molecule has 0 bridgehead atoms. The van der Waals surface area contributed by atoms with Gasteiger partial charge in [0.25, 0.3) is 0 Å². The Morgan fingerprint density at radius 3 is 2.44 bits per heavy atom. The molecule has 0 heterocycles. The van der Waals surface area contributed by atoms with E-state index in [0.29, 0.717) is 0 Å². The molecule has 2 aliphatic rings. The Labute approximate surface area is 110 Å². The molecule has 0 aliphatic heterocycles. The summed E-state index contributed by atoms with van der Waals surface area (Å²) >= 11 is 0. The van der Waals surface area contributed by atoms with Crippen molar-refractivity contribution in [3.63, 3.8) is 0 Å². The molecule has 18 heavy (non-hydrogen) atoms. The Morgan fingerprint density at radius 2 is 1.89 bits per heavy atom. The molecule has 0 amide bonds. The minimum Gasteiger partial charge on any atom is -0.390 e. The van der Waals surface area contributed by atoms with Crippen molar-refractivity contribution in [1.82, 2.24) is 0 Å². The molecular weight excluding hydrogens is 228 g/mol. The lowest BCUT2D eigenvalue weighted by molar-refractivity contribution is -0.135. The van der Waals surface area contributed by atoms with Crippen molar-refractivity contribution in [3.05, 3.63) is 12.2 Å². The topological polar surface area (TPSA) is 60.7 Å². The van der Waals surface area contributed by atoms with Crippen molar-refractivity contribution in [3.8, 4) is 0 Å². The zero-order chi connectivity index (χ0) is 13.8. The minimum atomic E-state index is -0.891. The fraction of sp³-hybridized carbons (Fsp3) is 0.867. The lowest BCUT2D eigenvalue weighted by Gasteiger charge is -2.55. The van der Waals surface area contributed by atoms with E-state index >= 15 is 0 Å². The van der Waals surface area contributed by atoms with Gasteiger partial charge in [0.2, 0.25) is 0 Å². The molecule has 0 radical (unpaired) electrons. The molecule has 2 rings (SSSR count). The highest BCUT2D eigenvalue weighted by Gasteiger charge is 2.54. The molecule has 0 spiro atoms. The predicted octanol–water partition coefficient (Wildman–Crippen LogP) is 1.86. The number of rotatable bonds is 1. The van der Waals surface area contributed by atoms with E-state index in [2.05, 4.69) is 6.92 Å². The average Bonchev–Trinajstić information content (AvgIpc) is 2.23. The molecule has 0 unspecified atom stereocenters. The Kier molecular flexibility index (Phi) is 3.16. The molecule has 5 atom stereocenters. The first-order chi connectivity index (χ1) is 8.07. The molecule has 3 heteroatoms. The molecule has 0 saturated heterocycles. The normalized spacial score (nSPS) is 48.9. The fourth-order valence-electron chi connectivity index (χ4n) is 3.85. The molecular formula is C15H26O3.